The molecule has 11 heteroatoms. The molecule has 2 aliphatic rings. The van der Waals surface area contributed by atoms with Gasteiger partial charge in [0.25, 0.3) is 5.91 Å². The summed E-state index contributed by atoms with van der Waals surface area (Å²) in [5, 5.41) is 24.0. The summed E-state index contributed by atoms with van der Waals surface area (Å²) in [6.45, 7) is 0.609. The fourth-order valence-electron chi connectivity index (χ4n) is 3.96. The normalized spacial score (nSPS) is 17.3. The second kappa shape index (κ2) is 9.92. The molecule has 0 unspecified atom stereocenters. The third kappa shape index (κ3) is 5.79. The van der Waals surface area contributed by atoms with Crippen LogP contribution in [-0.4, -0.2) is 45.0 Å². The van der Waals surface area contributed by atoms with Crippen LogP contribution in [0.25, 0.3) is 5.69 Å². The summed E-state index contributed by atoms with van der Waals surface area (Å²) in [6, 6.07) is 12.8. The van der Waals surface area contributed by atoms with Gasteiger partial charge in [0.05, 0.1) is 29.6 Å². The van der Waals surface area contributed by atoms with Crippen molar-refractivity contribution in [3.63, 3.8) is 0 Å². The first-order valence-electron chi connectivity index (χ1n) is 11.9. The van der Waals surface area contributed by atoms with Crippen LogP contribution in [0.4, 0.5) is 4.39 Å². The Kier molecular flexibility index (Phi) is 6.67. The minimum absolute atomic E-state index is 0.0282. The van der Waals surface area contributed by atoms with Gasteiger partial charge in [0.15, 0.2) is 17.6 Å². The summed E-state index contributed by atoms with van der Waals surface area (Å²) in [4.78, 5) is 26.8. The molecular formula is C26H24ClFN6O3. The van der Waals surface area contributed by atoms with Gasteiger partial charge in [-0.05, 0) is 73.6 Å². The molecule has 0 spiro atoms. The predicted molar refractivity (Wildman–Crippen MR) is 132 cm³/mol. The lowest BCUT2D eigenvalue weighted by molar-refractivity contribution is -0.114. The number of ether oxygens (including phenoxy) is 1. The number of carbonyl (C=O) groups is 2. The quantitative estimate of drug-likeness (QED) is 0.292. The fourth-order valence-corrected chi connectivity index (χ4v) is 4.21. The summed E-state index contributed by atoms with van der Waals surface area (Å²) < 4.78 is 19.0. The van der Waals surface area contributed by atoms with E-state index in [-0.39, 0.29) is 12.1 Å². The summed E-state index contributed by atoms with van der Waals surface area (Å²) in [5.74, 6) is 0.0423. The highest BCUT2D eigenvalue weighted by Crippen LogP contribution is 2.37. The van der Waals surface area contributed by atoms with Crippen LogP contribution < -0.4 is 15.4 Å². The number of benzene rings is 2. The number of nitrogens with zero attached hydrogens (tertiary/aromatic N) is 4. The summed E-state index contributed by atoms with van der Waals surface area (Å²) >= 11 is 6.43. The molecule has 2 fully saturated rings. The molecule has 190 valence electrons. The van der Waals surface area contributed by atoms with Gasteiger partial charge >= 0.3 is 0 Å². The van der Waals surface area contributed by atoms with E-state index in [1.54, 1.807) is 18.2 Å². The molecule has 37 heavy (non-hydrogen) atoms. The third-order valence-electron chi connectivity index (χ3n) is 6.40. The molecule has 1 heterocycles. The highest BCUT2D eigenvalue weighted by atomic mass is 35.5. The minimum Gasteiger partial charge on any atom is -0.492 e. The Bertz CT molecular complexity index is 1360. The molecule has 1 atom stereocenters. The first-order valence-corrected chi connectivity index (χ1v) is 12.3. The van der Waals surface area contributed by atoms with Crippen molar-refractivity contribution in [3.05, 3.63) is 70.8 Å². The van der Waals surface area contributed by atoms with E-state index >= 15 is 0 Å². The Balaban J connectivity index is 1.36. The molecule has 1 aromatic heterocycles. The number of aromatic nitrogens is 3. The Morgan fingerprint density at radius 1 is 1.30 bits per heavy atom. The molecule has 0 saturated heterocycles. The van der Waals surface area contributed by atoms with Crippen molar-refractivity contribution in [2.75, 3.05) is 6.61 Å². The highest BCUT2D eigenvalue weighted by molar-refractivity contribution is 6.32. The molecule has 0 radical (unpaired) electrons. The lowest BCUT2D eigenvalue weighted by atomic mass is 9.98. The second-order valence-electron chi connectivity index (χ2n) is 9.55. The van der Waals surface area contributed by atoms with Crippen LogP contribution in [0.1, 0.15) is 41.7 Å². The lowest BCUT2D eigenvalue weighted by Gasteiger charge is -2.32. The molecule has 9 nitrogen and oxygen atoms in total. The van der Waals surface area contributed by atoms with Crippen LogP contribution in [0, 0.1) is 23.1 Å². The molecule has 0 aliphatic heterocycles. The van der Waals surface area contributed by atoms with Gasteiger partial charge in [-0.2, -0.15) is 15.2 Å². The Morgan fingerprint density at radius 3 is 2.68 bits per heavy atom. The van der Waals surface area contributed by atoms with Gasteiger partial charge in [0.1, 0.15) is 17.1 Å². The van der Waals surface area contributed by atoms with Crippen molar-refractivity contribution in [3.8, 4) is 17.5 Å². The Labute approximate surface area is 217 Å². The van der Waals surface area contributed by atoms with E-state index in [4.69, 9.17) is 16.3 Å². The maximum Gasteiger partial charge on any atom is 0.275 e. The highest BCUT2D eigenvalue weighted by Gasteiger charge is 2.50. The summed E-state index contributed by atoms with van der Waals surface area (Å²) in [5.41, 5.74) is -1.46. The molecule has 3 aromatic rings. The second-order valence-corrected chi connectivity index (χ2v) is 9.96. The van der Waals surface area contributed by atoms with Gasteiger partial charge in [-0.15, -0.1) is 5.10 Å². The Morgan fingerprint density at radius 2 is 2.05 bits per heavy atom. The van der Waals surface area contributed by atoms with Gasteiger partial charge in [0, 0.05) is 6.42 Å². The molecule has 2 aromatic carbocycles. The standard InChI is InChI=1S/C26H24ClFN6O3/c27-21-11-18(3-8-23(21)37-14-17-1-2-17)12-26(16-35,33-25(15-29)9-10-25)31-24(36)22-13-30-34(32-22)20-6-4-19(28)5-7-20/h3-8,11,13,16-17,33H,1-2,9-10,12,14H2,(H,31,36)/t26-/m1/s1. The molecule has 2 N–H and O–H groups in total. The van der Waals surface area contributed by atoms with Crippen molar-refractivity contribution in [1.29, 1.82) is 5.26 Å². The first kappa shape index (κ1) is 24.9. The SMILES string of the molecule is N#CC1(N[C@@](C=O)(Cc2ccc(OCC3CC3)c(Cl)c2)NC(=O)c2cnn(-c3ccc(F)cc3)n2)CC1. The minimum atomic E-state index is -1.61. The molecular weight excluding hydrogens is 499 g/mol. The van der Waals surface area contributed by atoms with Crippen molar-refractivity contribution in [2.24, 2.45) is 5.92 Å². The van der Waals surface area contributed by atoms with Crippen molar-refractivity contribution in [2.45, 2.75) is 43.3 Å². The summed E-state index contributed by atoms with van der Waals surface area (Å²) in [6.07, 6.45) is 5.25. The van der Waals surface area contributed by atoms with E-state index in [2.05, 4.69) is 26.9 Å². The number of amides is 1. The van der Waals surface area contributed by atoms with Gasteiger partial charge < -0.3 is 10.1 Å². The van der Waals surface area contributed by atoms with Crippen LogP contribution >= 0.6 is 11.6 Å². The number of nitrogens with one attached hydrogen (secondary N) is 2. The van der Waals surface area contributed by atoms with Gasteiger partial charge in [0.2, 0.25) is 0 Å². The zero-order chi connectivity index (χ0) is 26.0. The van der Waals surface area contributed by atoms with Gasteiger partial charge in [-0.3, -0.25) is 14.9 Å². The number of rotatable bonds is 11. The molecule has 2 saturated carbocycles. The van der Waals surface area contributed by atoms with Crippen LogP contribution in [0.3, 0.4) is 0 Å². The van der Waals surface area contributed by atoms with E-state index in [1.165, 1.54) is 35.3 Å². The average Bonchev–Trinajstić information content (AvgIpc) is 3.82. The monoisotopic (exact) mass is 522 g/mol. The topological polar surface area (TPSA) is 122 Å². The van der Waals surface area contributed by atoms with Crippen LogP contribution in [0.15, 0.2) is 48.7 Å². The number of aldehydes is 1. The van der Waals surface area contributed by atoms with Crippen molar-refractivity contribution < 1.29 is 18.7 Å². The molecule has 1 amide bonds. The van der Waals surface area contributed by atoms with Crippen molar-refractivity contribution in [1.82, 2.24) is 25.6 Å². The van der Waals surface area contributed by atoms with E-state index in [0.29, 0.717) is 53.7 Å². The van der Waals surface area contributed by atoms with Crippen LogP contribution in [0.5, 0.6) is 5.75 Å². The predicted octanol–water partition coefficient (Wildman–Crippen LogP) is 3.36. The first-order chi connectivity index (χ1) is 17.8. The zero-order valence-corrected chi connectivity index (χ0v) is 20.5. The smallest absolute Gasteiger partial charge is 0.275 e. The van der Waals surface area contributed by atoms with Gasteiger partial charge in [-0.25, -0.2) is 4.39 Å². The van der Waals surface area contributed by atoms with E-state index in [9.17, 15) is 19.2 Å². The largest absolute Gasteiger partial charge is 0.492 e. The van der Waals surface area contributed by atoms with Crippen LogP contribution in [-0.2, 0) is 11.2 Å². The van der Waals surface area contributed by atoms with E-state index in [1.807, 2.05) is 0 Å². The van der Waals surface area contributed by atoms with Crippen LogP contribution in [0.2, 0.25) is 5.02 Å². The molecule has 0 bridgehead atoms. The van der Waals surface area contributed by atoms with Crippen molar-refractivity contribution >= 4 is 23.8 Å². The number of hydrogen-bond acceptors (Lipinski definition) is 7. The molecule has 2 aliphatic carbocycles. The van der Waals surface area contributed by atoms with Gasteiger partial charge in [-0.1, -0.05) is 17.7 Å². The number of carbonyl (C=O) groups excluding carboxylic acids is 2. The third-order valence-corrected chi connectivity index (χ3v) is 6.69. The Hall–Kier alpha value is -3.81. The molecule has 5 rings (SSSR count). The van der Waals surface area contributed by atoms with E-state index < -0.39 is 22.9 Å². The lowest BCUT2D eigenvalue weighted by Crippen LogP contribution is -2.65. The number of halogens is 2. The van der Waals surface area contributed by atoms with E-state index in [0.717, 1.165) is 12.8 Å². The maximum absolute atomic E-state index is 13.2. The fraction of sp³-hybridized carbons (Fsp3) is 0.346. The number of nitriles is 1. The zero-order valence-electron chi connectivity index (χ0n) is 19.8. The average molecular weight is 523 g/mol. The maximum atomic E-state index is 13.2. The number of hydrogen-bond donors (Lipinski definition) is 2. The summed E-state index contributed by atoms with van der Waals surface area (Å²) in [7, 11) is 0.